The number of benzene rings is 1. The van der Waals surface area contributed by atoms with Gasteiger partial charge in [-0.25, -0.2) is 4.79 Å². The van der Waals surface area contributed by atoms with E-state index in [-0.39, 0.29) is 30.1 Å². The Morgan fingerprint density at radius 1 is 1.42 bits per heavy atom. The Balaban J connectivity index is 2.40. The van der Waals surface area contributed by atoms with Crippen molar-refractivity contribution in [2.75, 3.05) is 11.4 Å². The minimum absolute atomic E-state index is 0.00726. The number of primary amides is 1. The van der Waals surface area contributed by atoms with E-state index < -0.39 is 17.8 Å². The summed E-state index contributed by atoms with van der Waals surface area (Å²) in [5, 5.41) is 9.16. The summed E-state index contributed by atoms with van der Waals surface area (Å²) >= 11 is 3.18. The van der Waals surface area contributed by atoms with Crippen LogP contribution in [0.4, 0.5) is 5.69 Å². The molecule has 0 aromatic heterocycles. The monoisotopic (exact) mass is 326 g/mol. The van der Waals surface area contributed by atoms with Gasteiger partial charge in [0.15, 0.2) is 0 Å². The van der Waals surface area contributed by atoms with E-state index in [0.29, 0.717) is 4.47 Å². The Kier molecular flexibility index (Phi) is 3.57. The van der Waals surface area contributed by atoms with Gasteiger partial charge in [-0.1, -0.05) is 15.9 Å². The van der Waals surface area contributed by atoms with Gasteiger partial charge in [0.2, 0.25) is 11.8 Å². The fourth-order valence-electron chi connectivity index (χ4n) is 2.05. The van der Waals surface area contributed by atoms with Gasteiger partial charge >= 0.3 is 5.97 Å². The molecule has 0 bridgehead atoms. The Morgan fingerprint density at radius 3 is 2.63 bits per heavy atom. The average molecular weight is 327 g/mol. The van der Waals surface area contributed by atoms with Crippen LogP contribution in [0.2, 0.25) is 0 Å². The number of carboxylic acids is 1. The molecule has 2 rings (SSSR count). The van der Waals surface area contributed by atoms with Gasteiger partial charge < -0.3 is 15.7 Å². The summed E-state index contributed by atoms with van der Waals surface area (Å²) in [7, 11) is 0. The lowest BCUT2D eigenvalue weighted by atomic mass is 10.1. The smallest absolute Gasteiger partial charge is 0.337 e. The number of nitrogens with two attached hydrogens (primary N) is 1. The maximum atomic E-state index is 11.9. The lowest BCUT2D eigenvalue weighted by molar-refractivity contribution is -0.123. The van der Waals surface area contributed by atoms with Crippen LogP contribution in [0.3, 0.4) is 0 Å². The lowest BCUT2D eigenvalue weighted by Gasteiger charge is -2.18. The Morgan fingerprint density at radius 2 is 2.11 bits per heavy atom. The van der Waals surface area contributed by atoms with Crippen LogP contribution < -0.4 is 10.6 Å². The van der Waals surface area contributed by atoms with Crippen LogP contribution in [0.15, 0.2) is 22.7 Å². The van der Waals surface area contributed by atoms with Crippen LogP contribution in [0.25, 0.3) is 0 Å². The first kappa shape index (κ1) is 13.5. The number of rotatable bonds is 3. The van der Waals surface area contributed by atoms with E-state index in [1.807, 2.05) is 0 Å². The predicted octanol–water partition coefficient (Wildman–Crippen LogP) is 0.985. The van der Waals surface area contributed by atoms with Gasteiger partial charge in [-0.05, 0) is 18.2 Å². The second kappa shape index (κ2) is 5.00. The van der Waals surface area contributed by atoms with Crippen molar-refractivity contribution < 1.29 is 19.5 Å². The number of carboxylic acid groups (broad SMARTS) is 1. The van der Waals surface area contributed by atoms with Gasteiger partial charge in [0.25, 0.3) is 0 Å². The van der Waals surface area contributed by atoms with E-state index in [1.54, 1.807) is 6.07 Å². The first-order valence-corrected chi connectivity index (χ1v) is 6.32. The number of nitrogens with zero attached hydrogens (tertiary/aromatic N) is 1. The van der Waals surface area contributed by atoms with Crippen molar-refractivity contribution in [1.82, 2.24) is 0 Å². The summed E-state index contributed by atoms with van der Waals surface area (Å²) < 4.78 is 0.603. The van der Waals surface area contributed by atoms with Crippen molar-refractivity contribution in [1.29, 1.82) is 0 Å². The molecule has 100 valence electrons. The zero-order valence-corrected chi connectivity index (χ0v) is 11.4. The summed E-state index contributed by atoms with van der Waals surface area (Å²) in [5.41, 5.74) is 5.47. The van der Waals surface area contributed by atoms with E-state index in [9.17, 15) is 14.4 Å². The number of aromatic carboxylic acids is 1. The molecule has 6 nitrogen and oxygen atoms in total. The number of carbonyl (C=O) groups excluding carboxylic acids is 2. The molecule has 0 radical (unpaired) electrons. The molecule has 1 saturated heterocycles. The third-order valence-electron chi connectivity index (χ3n) is 3.01. The van der Waals surface area contributed by atoms with Crippen molar-refractivity contribution in [3.05, 3.63) is 28.2 Å². The Hall–Kier alpha value is -1.89. The summed E-state index contributed by atoms with van der Waals surface area (Å²) in [4.78, 5) is 35.5. The standard InChI is InChI=1S/C12H11BrN2O4/c13-7-1-2-9(8(4-7)12(18)19)15-5-6(11(14)17)3-10(15)16/h1-2,4,6H,3,5H2,(H2,14,17)(H,18,19). The molecule has 1 aromatic rings. The lowest BCUT2D eigenvalue weighted by Crippen LogP contribution is -2.29. The number of hydrogen-bond acceptors (Lipinski definition) is 3. The fraction of sp³-hybridized carbons (Fsp3) is 0.250. The fourth-order valence-corrected chi connectivity index (χ4v) is 2.41. The van der Waals surface area contributed by atoms with Crippen LogP contribution >= 0.6 is 15.9 Å². The van der Waals surface area contributed by atoms with Crippen LogP contribution in [0.5, 0.6) is 0 Å². The predicted molar refractivity (Wildman–Crippen MR) is 70.8 cm³/mol. The largest absolute Gasteiger partial charge is 0.478 e. The number of carbonyl (C=O) groups is 3. The van der Waals surface area contributed by atoms with E-state index in [2.05, 4.69) is 15.9 Å². The highest BCUT2D eigenvalue weighted by molar-refractivity contribution is 9.10. The molecule has 1 aromatic carbocycles. The van der Waals surface area contributed by atoms with Gasteiger partial charge in [-0.2, -0.15) is 0 Å². The summed E-state index contributed by atoms with van der Waals surface area (Å²) in [6.45, 7) is 0.121. The molecule has 1 fully saturated rings. The highest BCUT2D eigenvalue weighted by atomic mass is 79.9. The van der Waals surface area contributed by atoms with Crippen molar-refractivity contribution >= 4 is 39.4 Å². The third kappa shape index (κ3) is 2.60. The molecule has 1 aliphatic heterocycles. The molecule has 1 heterocycles. The maximum Gasteiger partial charge on any atom is 0.337 e. The molecule has 0 aliphatic carbocycles. The van der Waals surface area contributed by atoms with Crippen molar-refractivity contribution in [3.8, 4) is 0 Å². The topological polar surface area (TPSA) is 101 Å². The van der Waals surface area contributed by atoms with E-state index >= 15 is 0 Å². The first-order chi connectivity index (χ1) is 8.90. The SMILES string of the molecule is NC(=O)C1CC(=O)N(c2ccc(Br)cc2C(=O)O)C1. The first-order valence-electron chi connectivity index (χ1n) is 5.52. The minimum atomic E-state index is -1.13. The highest BCUT2D eigenvalue weighted by Gasteiger charge is 2.35. The highest BCUT2D eigenvalue weighted by Crippen LogP contribution is 2.30. The normalized spacial score (nSPS) is 18.7. The van der Waals surface area contributed by atoms with Gasteiger partial charge in [-0.3, -0.25) is 9.59 Å². The number of halogens is 1. The summed E-state index contributed by atoms with van der Waals surface area (Å²) in [6, 6.07) is 4.60. The molecular formula is C12H11BrN2O4. The molecule has 19 heavy (non-hydrogen) atoms. The maximum absolute atomic E-state index is 11.9. The van der Waals surface area contributed by atoms with Crippen molar-refractivity contribution in [3.63, 3.8) is 0 Å². The second-order valence-electron chi connectivity index (χ2n) is 4.27. The zero-order chi connectivity index (χ0) is 14.2. The van der Waals surface area contributed by atoms with Crippen molar-refractivity contribution in [2.45, 2.75) is 6.42 Å². The molecule has 2 amide bonds. The molecule has 1 atom stereocenters. The average Bonchev–Trinajstić information content (AvgIpc) is 2.71. The van der Waals surface area contributed by atoms with Crippen molar-refractivity contribution in [2.24, 2.45) is 11.7 Å². The summed E-state index contributed by atoms with van der Waals surface area (Å²) in [6.07, 6.45) is 0.0183. The molecule has 7 heteroatoms. The van der Waals surface area contributed by atoms with E-state index in [0.717, 1.165) is 0 Å². The zero-order valence-electron chi connectivity index (χ0n) is 9.80. The van der Waals surface area contributed by atoms with Crippen LogP contribution in [-0.4, -0.2) is 29.4 Å². The number of anilines is 1. The Labute approximate surface area is 117 Å². The molecule has 1 unspecified atom stereocenters. The molecular weight excluding hydrogens is 316 g/mol. The van der Waals surface area contributed by atoms with Gasteiger partial charge in [0.1, 0.15) is 0 Å². The number of hydrogen-bond donors (Lipinski definition) is 2. The van der Waals surface area contributed by atoms with Crippen LogP contribution in [0.1, 0.15) is 16.8 Å². The van der Waals surface area contributed by atoms with E-state index in [1.165, 1.54) is 17.0 Å². The van der Waals surface area contributed by atoms with Gasteiger partial charge in [0.05, 0.1) is 17.2 Å². The van der Waals surface area contributed by atoms with E-state index in [4.69, 9.17) is 10.8 Å². The van der Waals surface area contributed by atoms with Crippen LogP contribution in [-0.2, 0) is 9.59 Å². The second-order valence-corrected chi connectivity index (χ2v) is 5.19. The van der Waals surface area contributed by atoms with Crippen LogP contribution in [0, 0.1) is 5.92 Å². The molecule has 3 N–H and O–H groups in total. The Bertz CT molecular complexity index is 573. The minimum Gasteiger partial charge on any atom is -0.478 e. The molecule has 0 saturated carbocycles. The third-order valence-corrected chi connectivity index (χ3v) is 3.50. The van der Waals surface area contributed by atoms with Gasteiger partial charge in [0, 0.05) is 17.4 Å². The number of amides is 2. The molecule has 1 aliphatic rings. The molecule has 0 spiro atoms. The quantitative estimate of drug-likeness (QED) is 0.864. The summed E-state index contributed by atoms with van der Waals surface area (Å²) in [5.74, 6) is -2.55. The van der Waals surface area contributed by atoms with Gasteiger partial charge in [-0.15, -0.1) is 0 Å².